The van der Waals surface area contributed by atoms with E-state index in [1.165, 1.54) is 0 Å². The molecular formula is C21H33N3O5. The topological polar surface area (TPSA) is 96.0 Å². The van der Waals surface area contributed by atoms with E-state index in [2.05, 4.69) is 26.1 Å². The molecule has 2 atom stereocenters. The molecule has 29 heavy (non-hydrogen) atoms. The summed E-state index contributed by atoms with van der Waals surface area (Å²) in [6, 6.07) is -0.560. The summed E-state index contributed by atoms with van der Waals surface area (Å²) in [5.74, 6) is -1.03. The Hall–Kier alpha value is -2.12. The van der Waals surface area contributed by atoms with Gasteiger partial charge in [0.05, 0.1) is 0 Å². The first kappa shape index (κ1) is 21.6. The van der Waals surface area contributed by atoms with Gasteiger partial charge in [0, 0.05) is 13.1 Å². The van der Waals surface area contributed by atoms with Crippen molar-refractivity contribution in [3.05, 3.63) is 0 Å². The molecule has 2 heterocycles. The highest BCUT2D eigenvalue weighted by atomic mass is 16.5. The van der Waals surface area contributed by atoms with Crippen LogP contribution < -0.4 is 5.32 Å². The minimum absolute atomic E-state index is 0.0727. The lowest BCUT2D eigenvalue weighted by atomic mass is 9.64. The van der Waals surface area contributed by atoms with Crippen molar-refractivity contribution in [3.8, 4) is 0 Å². The van der Waals surface area contributed by atoms with Crippen LogP contribution in [0, 0.1) is 11.3 Å². The number of ether oxygens (including phenoxy) is 1. The monoisotopic (exact) mass is 407 g/mol. The summed E-state index contributed by atoms with van der Waals surface area (Å²) >= 11 is 0. The largest absolute Gasteiger partial charge is 0.454 e. The summed E-state index contributed by atoms with van der Waals surface area (Å²) < 4.78 is 5.09. The summed E-state index contributed by atoms with van der Waals surface area (Å²) in [5, 5.41) is 2.84. The first-order chi connectivity index (χ1) is 13.6. The van der Waals surface area contributed by atoms with Gasteiger partial charge in [0.15, 0.2) is 6.61 Å². The molecule has 8 heteroatoms. The summed E-state index contributed by atoms with van der Waals surface area (Å²) in [7, 11) is 0. The average molecular weight is 408 g/mol. The van der Waals surface area contributed by atoms with E-state index in [4.69, 9.17) is 4.74 Å². The van der Waals surface area contributed by atoms with Crippen LogP contribution in [-0.4, -0.2) is 65.4 Å². The minimum Gasteiger partial charge on any atom is -0.454 e. The Morgan fingerprint density at radius 3 is 2.38 bits per heavy atom. The first-order valence-electron chi connectivity index (χ1n) is 10.7. The van der Waals surface area contributed by atoms with Gasteiger partial charge in [-0.25, -0.2) is 4.79 Å². The van der Waals surface area contributed by atoms with Gasteiger partial charge in [0.1, 0.15) is 12.1 Å². The van der Waals surface area contributed by atoms with Crippen molar-refractivity contribution in [2.45, 2.75) is 71.3 Å². The fraction of sp³-hybridized carbons (Fsp3) is 0.810. The van der Waals surface area contributed by atoms with Gasteiger partial charge < -0.3 is 15.0 Å². The fourth-order valence-corrected chi connectivity index (χ4v) is 5.38. The zero-order valence-electron chi connectivity index (χ0n) is 17.8. The summed E-state index contributed by atoms with van der Waals surface area (Å²) in [6.07, 6.45) is 6.23. The second-order valence-electron chi connectivity index (χ2n) is 9.71. The van der Waals surface area contributed by atoms with Gasteiger partial charge in [0.25, 0.3) is 11.8 Å². The maximum atomic E-state index is 13.0. The van der Waals surface area contributed by atoms with Crippen molar-refractivity contribution >= 4 is 23.8 Å². The average Bonchev–Trinajstić information content (AvgIpc) is 2.83. The van der Waals surface area contributed by atoms with Gasteiger partial charge in [-0.3, -0.25) is 19.3 Å². The molecule has 0 aromatic rings. The number of likely N-dealkylation sites (tertiary alicyclic amines) is 1. The normalized spacial score (nSPS) is 29.6. The van der Waals surface area contributed by atoms with E-state index in [0.29, 0.717) is 31.8 Å². The van der Waals surface area contributed by atoms with Crippen molar-refractivity contribution in [1.29, 1.82) is 0 Å². The third-order valence-corrected chi connectivity index (χ3v) is 6.23. The maximum Gasteiger partial charge on any atom is 0.326 e. The predicted molar refractivity (Wildman–Crippen MR) is 106 cm³/mol. The molecule has 0 aromatic heterocycles. The van der Waals surface area contributed by atoms with E-state index in [-0.39, 0.29) is 23.8 Å². The molecule has 2 aliphatic heterocycles. The molecule has 0 radical (unpaired) electrons. The smallest absolute Gasteiger partial charge is 0.326 e. The molecule has 162 valence electrons. The lowest BCUT2D eigenvalue weighted by molar-refractivity contribution is -0.154. The Balaban J connectivity index is 1.55. The predicted octanol–water partition coefficient (Wildman–Crippen LogP) is 2.07. The number of urea groups is 1. The SMILES string of the molecule is C[C@H]1CC(C)(C)C[C@@]2(C1)NC(=O)N(CC(=O)OCC(=O)N1CCCCCC1)C2=O. The van der Waals surface area contributed by atoms with Crippen LogP contribution in [-0.2, 0) is 19.1 Å². The molecule has 3 aliphatic rings. The molecule has 1 saturated carbocycles. The van der Waals surface area contributed by atoms with Gasteiger partial charge in [0.2, 0.25) is 0 Å². The number of nitrogens with zero attached hydrogens (tertiary/aromatic N) is 2. The van der Waals surface area contributed by atoms with Gasteiger partial charge in [-0.2, -0.15) is 0 Å². The quantitative estimate of drug-likeness (QED) is 0.568. The number of carbonyl (C=O) groups is 4. The molecule has 3 fully saturated rings. The van der Waals surface area contributed by atoms with E-state index < -0.39 is 24.1 Å². The van der Waals surface area contributed by atoms with Crippen LogP contribution in [0.3, 0.4) is 0 Å². The van der Waals surface area contributed by atoms with Gasteiger partial charge >= 0.3 is 12.0 Å². The third kappa shape index (κ3) is 4.90. The number of amides is 4. The van der Waals surface area contributed by atoms with Gasteiger partial charge in [-0.05, 0) is 43.4 Å². The highest BCUT2D eigenvalue weighted by Gasteiger charge is 2.56. The third-order valence-electron chi connectivity index (χ3n) is 6.23. The van der Waals surface area contributed by atoms with E-state index in [0.717, 1.165) is 37.0 Å². The van der Waals surface area contributed by atoms with Gasteiger partial charge in [-0.1, -0.05) is 33.6 Å². The van der Waals surface area contributed by atoms with E-state index in [1.807, 2.05) is 0 Å². The molecule has 0 unspecified atom stereocenters. The molecule has 1 aliphatic carbocycles. The Labute approximate surface area is 172 Å². The number of imide groups is 1. The standard InChI is InChI=1S/C21H33N3O5/c1-15-10-20(2,3)14-21(11-15)18(27)24(19(28)22-21)12-17(26)29-13-16(25)23-8-6-4-5-7-9-23/h15H,4-14H2,1-3H3,(H,22,28)/t15-,21+/m0/s1. The van der Waals surface area contributed by atoms with Crippen LogP contribution >= 0.6 is 0 Å². The number of hydrogen-bond donors (Lipinski definition) is 1. The summed E-state index contributed by atoms with van der Waals surface area (Å²) in [5.41, 5.74) is -1.02. The van der Waals surface area contributed by atoms with Crippen LogP contribution in [0.1, 0.15) is 65.7 Å². The fourth-order valence-electron chi connectivity index (χ4n) is 5.38. The van der Waals surface area contributed by atoms with Crippen molar-refractivity contribution in [2.24, 2.45) is 11.3 Å². The van der Waals surface area contributed by atoms with Crippen LogP contribution in [0.2, 0.25) is 0 Å². The van der Waals surface area contributed by atoms with Gasteiger partial charge in [-0.15, -0.1) is 0 Å². The number of carbonyl (C=O) groups excluding carboxylic acids is 4. The number of nitrogens with one attached hydrogen (secondary N) is 1. The Kier molecular flexibility index (Phi) is 6.19. The molecule has 1 N–H and O–H groups in total. The molecule has 0 aromatic carbocycles. The second kappa shape index (κ2) is 8.32. The molecule has 4 amide bonds. The van der Waals surface area contributed by atoms with Crippen molar-refractivity contribution < 1.29 is 23.9 Å². The molecule has 3 rings (SSSR count). The van der Waals surface area contributed by atoms with E-state index in [9.17, 15) is 19.2 Å². The Morgan fingerprint density at radius 1 is 1.10 bits per heavy atom. The molecule has 0 bridgehead atoms. The highest BCUT2D eigenvalue weighted by Crippen LogP contribution is 2.46. The number of rotatable bonds is 4. The summed E-state index contributed by atoms with van der Waals surface area (Å²) in [6.45, 7) is 6.81. The van der Waals surface area contributed by atoms with Crippen molar-refractivity contribution in [1.82, 2.24) is 15.1 Å². The maximum absolute atomic E-state index is 13.0. The van der Waals surface area contributed by atoms with Crippen molar-refractivity contribution in [3.63, 3.8) is 0 Å². The highest BCUT2D eigenvalue weighted by molar-refractivity contribution is 6.08. The van der Waals surface area contributed by atoms with Crippen LogP contribution in [0.5, 0.6) is 0 Å². The van der Waals surface area contributed by atoms with Crippen molar-refractivity contribution in [2.75, 3.05) is 26.2 Å². The van der Waals surface area contributed by atoms with Crippen LogP contribution in [0.15, 0.2) is 0 Å². The van der Waals surface area contributed by atoms with E-state index in [1.54, 1.807) is 4.90 Å². The molecule has 1 spiro atoms. The Morgan fingerprint density at radius 2 is 1.76 bits per heavy atom. The Bertz CT molecular complexity index is 684. The minimum atomic E-state index is -0.944. The van der Waals surface area contributed by atoms with E-state index >= 15 is 0 Å². The molecule has 8 nitrogen and oxygen atoms in total. The number of esters is 1. The second-order valence-corrected chi connectivity index (χ2v) is 9.71. The van der Waals surface area contributed by atoms with Crippen LogP contribution in [0.4, 0.5) is 4.79 Å². The van der Waals surface area contributed by atoms with Crippen LogP contribution in [0.25, 0.3) is 0 Å². The molecular weight excluding hydrogens is 374 g/mol. The zero-order chi connectivity index (χ0) is 21.2. The first-order valence-corrected chi connectivity index (χ1v) is 10.7. The molecule has 2 saturated heterocycles. The number of hydrogen-bond acceptors (Lipinski definition) is 5. The lowest BCUT2D eigenvalue weighted by Crippen LogP contribution is -2.54. The summed E-state index contributed by atoms with van der Waals surface area (Å²) in [4.78, 5) is 52.6. The zero-order valence-corrected chi connectivity index (χ0v) is 17.8. The lowest BCUT2D eigenvalue weighted by Gasteiger charge is -2.43.